The first-order chi connectivity index (χ1) is 13.8. The maximum absolute atomic E-state index is 12.4. The summed E-state index contributed by atoms with van der Waals surface area (Å²) in [4.78, 5) is 33.7. The highest BCUT2D eigenvalue weighted by atomic mass is 32.1. The number of rotatable bonds is 5. The van der Waals surface area contributed by atoms with E-state index in [0.29, 0.717) is 22.1 Å². The van der Waals surface area contributed by atoms with Gasteiger partial charge >= 0.3 is 5.97 Å². The van der Waals surface area contributed by atoms with Gasteiger partial charge in [0.05, 0.1) is 5.39 Å². The average Bonchev–Trinajstić information content (AvgIpc) is 3.38. The van der Waals surface area contributed by atoms with Gasteiger partial charge in [-0.2, -0.15) is 0 Å². The van der Waals surface area contributed by atoms with Crippen LogP contribution in [0.3, 0.4) is 0 Å². The van der Waals surface area contributed by atoms with Gasteiger partial charge in [0.2, 0.25) is 0 Å². The van der Waals surface area contributed by atoms with Crippen molar-refractivity contribution >= 4 is 33.6 Å². The second kappa shape index (κ2) is 7.30. The molecule has 1 saturated carbocycles. The topological polar surface area (TPSA) is 77.0 Å². The highest BCUT2D eigenvalue weighted by molar-refractivity contribution is 7.18. The lowest BCUT2D eigenvalue weighted by atomic mass is 10.2. The molecule has 1 atom stereocenters. The van der Waals surface area contributed by atoms with E-state index < -0.39 is 12.1 Å². The van der Waals surface area contributed by atoms with Gasteiger partial charge in [0.25, 0.3) is 5.56 Å². The molecule has 29 heavy (non-hydrogen) atoms. The molecule has 3 heterocycles. The molecule has 0 bridgehead atoms. The van der Waals surface area contributed by atoms with Gasteiger partial charge in [-0.05, 0) is 70.7 Å². The Kier molecular flexibility index (Phi) is 4.94. The van der Waals surface area contributed by atoms with Crippen LogP contribution in [0.4, 0.5) is 0 Å². The van der Waals surface area contributed by atoms with Gasteiger partial charge in [0.15, 0.2) is 11.9 Å². The zero-order valence-corrected chi connectivity index (χ0v) is 18.1. The molecule has 0 aliphatic heterocycles. The molecule has 0 aromatic carbocycles. The molecule has 1 aliphatic carbocycles. The maximum Gasteiger partial charge on any atom is 0.331 e. The Labute approximate surface area is 173 Å². The fourth-order valence-electron chi connectivity index (χ4n) is 3.76. The van der Waals surface area contributed by atoms with Crippen molar-refractivity contribution in [2.24, 2.45) is 0 Å². The van der Waals surface area contributed by atoms with Crippen LogP contribution in [0.15, 0.2) is 16.9 Å². The first-order valence-corrected chi connectivity index (χ1v) is 10.6. The number of carbonyl (C=O) groups is 1. The average molecular weight is 412 g/mol. The van der Waals surface area contributed by atoms with Crippen molar-refractivity contribution in [1.29, 1.82) is 0 Å². The summed E-state index contributed by atoms with van der Waals surface area (Å²) < 4.78 is 7.81. The van der Waals surface area contributed by atoms with Gasteiger partial charge in [-0.25, -0.2) is 9.78 Å². The van der Waals surface area contributed by atoms with Crippen LogP contribution in [0.1, 0.15) is 65.1 Å². The molecule has 0 unspecified atom stereocenters. The van der Waals surface area contributed by atoms with Gasteiger partial charge in [0.1, 0.15) is 4.83 Å². The molecule has 0 saturated heterocycles. The lowest BCUT2D eigenvalue weighted by molar-refractivity contribution is -0.142. The van der Waals surface area contributed by atoms with Crippen LogP contribution in [-0.4, -0.2) is 20.5 Å². The number of aromatic nitrogens is 3. The summed E-state index contributed by atoms with van der Waals surface area (Å²) in [6, 6.07) is 2.70. The molecule has 3 aromatic rings. The highest BCUT2D eigenvalue weighted by Gasteiger charge is 2.26. The molecule has 152 valence electrons. The van der Waals surface area contributed by atoms with Crippen LogP contribution in [0, 0.1) is 27.7 Å². The maximum atomic E-state index is 12.4. The van der Waals surface area contributed by atoms with E-state index in [9.17, 15) is 9.59 Å². The number of aryl methyl sites for hydroxylation is 3. The molecule has 7 heteroatoms. The van der Waals surface area contributed by atoms with Gasteiger partial charge in [-0.3, -0.25) is 4.79 Å². The van der Waals surface area contributed by atoms with Crippen LogP contribution in [-0.2, 0) is 9.53 Å². The van der Waals surface area contributed by atoms with E-state index >= 15 is 0 Å². The van der Waals surface area contributed by atoms with Crippen molar-refractivity contribution in [3.63, 3.8) is 0 Å². The molecule has 4 rings (SSSR count). The van der Waals surface area contributed by atoms with E-state index in [2.05, 4.69) is 34.4 Å². The molecule has 1 aliphatic rings. The van der Waals surface area contributed by atoms with Crippen molar-refractivity contribution in [1.82, 2.24) is 14.5 Å². The normalized spacial score (nSPS) is 15.3. The van der Waals surface area contributed by atoms with E-state index in [1.165, 1.54) is 41.6 Å². The third kappa shape index (κ3) is 3.67. The first-order valence-electron chi connectivity index (χ1n) is 9.83. The van der Waals surface area contributed by atoms with Crippen molar-refractivity contribution in [2.45, 2.75) is 59.6 Å². The summed E-state index contributed by atoms with van der Waals surface area (Å²) in [7, 11) is 0. The Hall–Kier alpha value is -2.67. The van der Waals surface area contributed by atoms with Crippen molar-refractivity contribution in [3.05, 3.63) is 55.7 Å². The number of esters is 1. The number of nitrogens with zero attached hydrogens (tertiary/aromatic N) is 2. The molecule has 6 nitrogen and oxygen atoms in total. The molecule has 0 amide bonds. The summed E-state index contributed by atoms with van der Waals surface area (Å²) >= 11 is 1.48. The molecule has 1 fully saturated rings. The molecule has 0 spiro atoms. The fourth-order valence-corrected chi connectivity index (χ4v) is 4.79. The molecule has 3 aromatic heterocycles. The minimum absolute atomic E-state index is 0.196. The zero-order chi connectivity index (χ0) is 20.9. The van der Waals surface area contributed by atoms with Crippen molar-refractivity contribution < 1.29 is 9.53 Å². The van der Waals surface area contributed by atoms with Gasteiger partial charge < -0.3 is 14.3 Å². The van der Waals surface area contributed by atoms with Gasteiger partial charge in [-0.1, -0.05) is 0 Å². The largest absolute Gasteiger partial charge is 0.451 e. The van der Waals surface area contributed by atoms with Gasteiger partial charge in [-0.15, -0.1) is 11.3 Å². The second-order valence-corrected chi connectivity index (χ2v) is 8.96. The fraction of sp³-hybridized carbons (Fsp3) is 0.409. The third-order valence-electron chi connectivity index (χ3n) is 5.57. The number of nitrogens with one attached hydrogen (secondary N) is 1. The minimum atomic E-state index is -0.647. The summed E-state index contributed by atoms with van der Waals surface area (Å²) in [6.07, 6.45) is 5.02. The Bertz CT molecular complexity index is 1190. The predicted molar refractivity (Wildman–Crippen MR) is 115 cm³/mol. The summed E-state index contributed by atoms with van der Waals surface area (Å²) in [5.41, 5.74) is 4.15. The van der Waals surface area contributed by atoms with E-state index in [-0.39, 0.29) is 5.56 Å². The lowest BCUT2D eigenvalue weighted by Crippen LogP contribution is -2.16. The molecular weight excluding hydrogens is 386 g/mol. The second-order valence-electron chi connectivity index (χ2n) is 7.75. The smallest absolute Gasteiger partial charge is 0.331 e. The zero-order valence-electron chi connectivity index (χ0n) is 17.3. The number of thiophene rings is 1. The Morgan fingerprint density at radius 1 is 1.34 bits per heavy atom. The first kappa shape index (κ1) is 19.6. The molecule has 0 radical (unpaired) electrons. The van der Waals surface area contributed by atoms with Crippen LogP contribution in [0.25, 0.3) is 16.3 Å². The standard InChI is InChI=1S/C22H25N3O3S/c1-11-10-16(13(3)25(11)17-7-8-17)6-9-18(26)28-14(4)20-23-21(27)19-12(2)15(5)29-22(19)24-20/h6,9-10,14,17H,7-8H2,1-5H3,(H,23,24,27)/b9-6+/t14-/m1/s1. The van der Waals surface area contributed by atoms with Crippen LogP contribution in [0.5, 0.6) is 0 Å². The molecule has 1 N–H and O–H groups in total. The van der Waals surface area contributed by atoms with E-state index in [4.69, 9.17) is 4.74 Å². The number of carbonyl (C=O) groups excluding carboxylic acids is 1. The Morgan fingerprint density at radius 3 is 2.76 bits per heavy atom. The number of fused-ring (bicyclic) bond motifs is 1. The lowest BCUT2D eigenvalue weighted by Gasteiger charge is -2.11. The molecular formula is C22H25N3O3S. The summed E-state index contributed by atoms with van der Waals surface area (Å²) in [5.74, 6) is -0.104. The minimum Gasteiger partial charge on any atom is -0.451 e. The van der Waals surface area contributed by atoms with E-state index in [0.717, 1.165) is 16.0 Å². The monoisotopic (exact) mass is 411 g/mol. The number of ether oxygens (including phenoxy) is 1. The highest BCUT2D eigenvalue weighted by Crippen LogP contribution is 2.38. The number of hydrogen-bond acceptors (Lipinski definition) is 5. The predicted octanol–water partition coefficient (Wildman–Crippen LogP) is 4.67. The SMILES string of the molecule is Cc1sc2nc([C@@H](C)OC(=O)/C=C/c3cc(C)n(C4CC4)c3C)[nH]c(=O)c2c1C. The van der Waals surface area contributed by atoms with Gasteiger partial charge in [0, 0.05) is 28.4 Å². The van der Waals surface area contributed by atoms with Crippen LogP contribution < -0.4 is 5.56 Å². The number of aromatic amines is 1. The summed E-state index contributed by atoms with van der Waals surface area (Å²) in [5, 5.41) is 0.612. The third-order valence-corrected chi connectivity index (χ3v) is 6.67. The Balaban J connectivity index is 1.50. The Morgan fingerprint density at radius 2 is 2.07 bits per heavy atom. The van der Waals surface area contributed by atoms with E-state index in [1.54, 1.807) is 13.0 Å². The van der Waals surface area contributed by atoms with Crippen LogP contribution in [0.2, 0.25) is 0 Å². The van der Waals surface area contributed by atoms with Crippen molar-refractivity contribution in [2.75, 3.05) is 0 Å². The quantitative estimate of drug-likeness (QED) is 0.489. The number of H-pyrrole nitrogens is 1. The number of hydrogen-bond donors (Lipinski definition) is 1. The van der Waals surface area contributed by atoms with Crippen LogP contribution >= 0.6 is 11.3 Å². The van der Waals surface area contributed by atoms with Crippen molar-refractivity contribution in [3.8, 4) is 0 Å². The van der Waals surface area contributed by atoms with E-state index in [1.807, 2.05) is 13.8 Å². The summed E-state index contributed by atoms with van der Waals surface area (Å²) in [6.45, 7) is 9.76.